The standard InChI is InChI=1S/C21H13Br2NO2/c22-13-7-12(8-14(23)9-13)18-16-6-5-11-3-1-2-4-15(11)20(16)24-17-10-26-21(25)19(17)18/h1-9,18,24H,10H2. The van der Waals surface area contributed by atoms with Gasteiger partial charge in [0, 0.05) is 20.2 Å². The summed E-state index contributed by atoms with van der Waals surface area (Å²) in [6, 6.07) is 18.6. The molecule has 2 heterocycles. The second-order valence-electron chi connectivity index (χ2n) is 6.48. The van der Waals surface area contributed by atoms with E-state index in [9.17, 15) is 4.79 Å². The summed E-state index contributed by atoms with van der Waals surface area (Å²) in [5.74, 6) is -0.401. The molecule has 0 aliphatic carbocycles. The number of nitrogens with one attached hydrogen (secondary N) is 1. The Morgan fingerprint density at radius 3 is 2.58 bits per heavy atom. The van der Waals surface area contributed by atoms with Crippen molar-refractivity contribution in [2.24, 2.45) is 0 Å². The molecule has 2 aliphatic heterocycles. The molecule has 0 fully saturated rings. The van der Waals surface area contributed by atoms with Gasteiger partial charge in [-0.05, 0) is 34.7 Å². The molecule has 2 aliphatic rings. The van der Waals surface area contributed by atoms with E-state index >= 15 is 0 Å². The minimum Gasteiger partial charge on any atom is -0.456 e. The summed E-state index contributed by atoms with van der Waals surface area (Å²) in [6.07, 6.45) is 0. The molecule has 0 saturated heterocycles. The van der Waals surface area contributed by atoms with Gasteiger partial charge in [-0.15, -0.1) is 0 Å². The largest absolute Gasteiger partial charge is 0.456 e. The zero-order valence-corrected chi connectivity index (χ0v) is 16.7. The van der Waals surface area contributed by atoms with E-state index in [4.69, 9.17) is 4.74 Å². The lowest BCUT2D eigenvalue weighted by atomic mass is 9.80. The highest BCUT2D eigenvalue weighted by Crippen LogP contribution is 2.47. The number of carbonyl (C=O) groups excluding carboxylic acids is 1. The SMILES string of the molecule is O=C1OCC2=C1C(c1cc(Br)cc(Br)c1)c1ccc3ccccc3c1N2. The number of carbonyl (C=O) groups is 1. The zero-order valence-electron chi connectivity index (χ0n) is 13.6. The highest BCUT2D eigenvalue weighted by molar-refractivity contribution is 9.11. The molecule has 0 bridgehead atoms. The average Bonchev–Trinajstić information content (AvgIpc) is 2.99. The number of esters is 1. The van der Waals surface area contributed by atoms with Crippen molar-refractivity contribution < 1.29 is 9.53 Å². The monoisotopic (exact) mass is 469 g/mol. The first-order valence-corrected chi connectivity index (χ1v) is 9.85. The first kappa shape index (κ1) is 16.1. The molecule has 26 heavy (non-hydrogen) atoms. The Balaban J connectivity index is 1.82. The quantitative estimate of drug-likeness (QED) is 0.461. The Morgan fingerprint density at radius 1 is 1.00 bits per heavy atom. The van der Waals surface area contributed by atoms with Crippen LogP contribution < -0.4 is 5.32 Å². The lowest BCUT2D eigenvalue weighted by molar-refractivity contribution is -0.136. The third-order valence-electron chi connectivity index (χ3n) is 4.95. The highest BCUT2D eigenvalue weighted by Gasteiger charge is 2.39. The second kappa shape index (κ2) is 5.96. The van der Waals surface area contributed by atoms with Gasteiger partial charge in [0.25, 0.3) is 0 Å². The van der Waals surface area contributed by atoms with Gasteiger partial charge >= 0.3 is 5.97 Å². The third-order valence-corrected chi connectivity index (χ3v) is 5.86. The van der Waals surface area contributed by atoms with E-state index < -0.39 is 0 Å². The summed E-state index contributed by atoms with van der Waals surface area (Å²) < 4.78 is 7.29. The summed E-state index contributed by atoms with van der Waals surface area (Å²) in [7, 11) is 0. The molecule has 128 valence electrons. The number of hydrogen-bond donors (Lipinski definition) is 1. The normalized spacial score (nSPS) is 18.4. The number of cyclic esters (lactones) is 1. The Labute approximate surface area is 167 Å². The van der Waals surface area contributed by atoms with Crippen LogP contribution in [0.1, 0.15) is 17.0 Å². The molecule has 1 atom stereocenters. The van der Waals surface area contributed by atoms with Crippen LogP contribution in [0.4, 0.5) is 5.69 Å². The molecule has 5 rings (SSSR count). The van der Waals surface area contributed by atoms with E-state index in [0.717, 1.165) is 36.8 Å². The first-order valence-electron chi connectivity index (χ1n) is 8.26. The lowest BCUT2D eigenvalue weighted by Gasteiger charge is -2.28. The minimum atomic E-state index is -0.243. The van der Waals surface area contributed by atoms with Crippen LogP contribution in [0.15, 0.2) is 74.8 Å². The summed E-state index contributed by atoms with van der Waals surface area (Å²) >= 11 is 7.14. The van der Waals surface area contributed by atoms with Gasteiger partial charge in [0.1, 0.15) is 6.61 Å². The Morgan fingerprint density at radius 2 is 1.77 bits per heavy atom. The number of benzene rings is 3. The molecule has 0 saturated carbocycles. The van der Waals surface area contributed by atoms with Crippen molar-refractivity contribution in [1.29, 1.82) is 0 Å². The van der Waals surface area contributed by atoms with Crippen molar-refractivity contribution in [3.8, 4) is 0 Å². The van der Waals surface area contributed by atoms with Crippen molar-refractivity contribution in [3.63, 3.8) is 0 Å². The van der Waals surface area contributed by atoms with Crippen molar-refractivity contribution >= 4 is 54.3 Å². The maximum absolute atomic E-state index is 12.5. The van der Waals surface area contributed by atoms with Crippen LogP contribution in [0.3, 0.4) is 0 Å². The number of ether oxygens (including phenoxy) is 1. The molecule has 1 N–H and O–H groups in total. The number of fused-ring (bicyclic) bond motifs is 3. The van der Waals surface area contributed by atoms with Crippen LogP contribution in [-0.4, -0.2) is 12.6 Å². The van der Waals surface area contributed by atoms with Crippen molar-refractivity contribution in [2.45, 2.75) is 5.92 Å². The molecule has 0 radical (unpaired) electrons. The molecule has 3 aromatic carbocycles. The maximum atomic E-state index is 12.5. The number of halogens is 2. The number of rotatable bonds is 1. The predicted octanol–water partition coefficient (Wildman–Crippen LogP) is 5.73. The predicted molar refractivity (Wildman–Crippen MR) is 109 cm³/mol. The molecule has 3 nitrogen and oxygen atoms in total. The number of hydrogen-bond acceptors (Lipinski definition) is 3. The van der Waals surface area contributed by atoms with Crippen LogP contribution in [0, 0.1) is 0 Å². The average molecular weight is 471 g/mol. The van der Waals surface area contributed by atoms with Crippen LogP contribution in [0.5, 0.6) is 0 Å². The fourth-order valence-corrected chi connectivity index (χ4v) is 5.20. The zero-order chi connectivity index (χ0) is 17.8. The fraction of sp³-hybridized carbons (Fsp3) is 0.0952. The molecule has 5 heteroatoms. The first-order chi connectivity index (χ1) is 12.6. The Kier molecular flexibility index (Phi) is 3.69. The van der Waals surface area contributed by atoms with Crippen molar-refractivity contribution in [3.05, 3.63) is 85.9 Å². The summed E-state index contributed by atoms with van der Waals surface area (Å²) in [5, 5.41) is 5.79. The van der Waals surface area contributed by atoms with Crippen LogP contribution in [0.2, 0.25) is 0 Å². The molecular weight excluding hydrogens is 458 g/mol. The number of anilines is 1. The van der Waals surface area contributed by atoms with Gasteiger partial charge in [0.2, 0.25) is 0 Å². The van der Waals surface area contributed by atoms with E-state index in [2.05, 4.69) is 73.6 Å². The molecule has 0 amide bonds. The van der Waals surface area contributed by atoms with Crippen molar-refractivity contribution in [1.82, 2.24) is 0 Å². The maximum Gasteiger partial charge on any atom is 0.337 e. The van der Waals surface area contributed by atoms with Gasteiger partial charge in [-0.25, -0.2) is 4.79 Å². The summed E-state index contributed by atoms with van der Waals surface area (Å²) in [4.78, 5) is 12.5. The van der Waals surface area contributed by atoms with Gasteiger partial charge in [0.15, 0.2) is 0 Å². The van der Waals surface area contributed by atoms with E-state index in [1.54, 1.807) is 0 Å². The Hall–Kier alpha value is -2.11. The van der Waals surface area contributed by atoms with E-state index in [1.165, 1.54) is 5.39 Å². The molecular formula is C21H13Br2NO2. The van der Waals surface area contributed by atoms with Gasteiger partial charge in [-0.2, -0.15) is 0 Å². The van der Waals surface area contributed by atoms with Gasteiger partial charge < -0.3 is 10.1 Å². The van der Waals surface area contributed by atoms with E-state index in [0.29, 0.717) is 12.2 Å². The highest BCUT2D eigenvalue weighted by atomic mass is 79.9. The van der Waals surface area contributed by atoms with Crippen molar-refractivity contribution in [2.75, 3.05) is 11.9 Å². The topological polar surface area (TPSA) is 38.3 Å². The summed E-state index contributed by atoms with van der Waals surface area (Å²) in [5.41, 5.74) is 4.76. The smallest absolute Gasteiger partial charge is 0.337 e. The van der Waals surface area contributed by atoms with Crippen LogP contribution in [0.25, 0.3) is 10.8 Å². The van der Waals surface area contributed by atoms with E-state index in [-0.39, 0.29) is 11.9 Å². The Bertz CT molecular complexity index is 1100. The summed E-state index contributed by atoms with van der Waals surface area (Å²) in [6.45, 7) is 0.294. The molecule has 0 spiro atoms. The van der Waals surface area contributed by atoms with Crippen LogP contribution >= 0.6 is 31.9 Å². The third kappa shape index (κ3) is 2.42. The van der Waals surface area contributed by atoms with Gasteiger partial charge in [-0.3, -0.25) is 0 Å². The molecule has 0 aromatic heterocycles. The van der Waals surface area contributed by atoms with Gasteiger partial charge in [-0.1, -0.05) is 68.3 Å². The van der Waals surface area contributed by atoms with Gasteiger partial charge in [0.05, 0.1) is 17.0 Å². The van der Waals surface area contributed by atoms with E-state index in [1.807, 2.05) is 18.2 Å². The van der Waals surface area contributed by atoms with Crippen LogP contribution in [-0.2, 0) is 9.53 Å². The minimum absolute atomic E-state index is 0.158. The molecule has 3 aromatic rings. The lowest BCUT2D eigenvalue weighted by Crippen LogP contribution is -2.20. The fourth-order valence-electron chi connectivity index (χ4n) is 3.87. The molecule has 1 unspecified atom stereocenters. The second-order valence-corrected chi connectivity index (χ2v) is 8.31.